The third-order valence-corrected chi connectivity index (χ3v) is 4.72. The Bertz CT molecular complexity index is 726. The normalized spacial score (nSPS) is 10.8. The molecule has 0 N–H and O–H groups in total. The Morgan fingerprint density at radius 1 is 0.905 bits per heavy atom. The molecule has 0 aliphatic heterocycles. The van der Waals surface area contributed by atoms with Gasteiger partial charge in [-0.15, -0.1) is 22.0 Å². The van der Waals surface area contributed by atoms with Crippen LogP contribution in [-0.4, -0.2) is 10.2 Å². The molecule has 0 spiro atoms. The SMILES string of the molecule is Clc1cccc(Cl)c1SCc1nnc(-c2ccccc2)o1. The van der Waals surface area contributed by atoms with Gasteiger partial charge in [-0.2, -0.15) is 0 Å². The Kier molecular flexibility index (Phi) is 4.48. The van der Waals surface area contributed by atoms with E-state index in [-0.39, 0.29) is 0 Å². The molecule has 0 bridgehead atoms. The van der Waals surface area contributed by atoms with Crippen LogP contribution in [0.3, 0.4) is 0 Å². The fourth-order valence-electron chi connectivity index (χ4n) is 1.76. The lowest BCUT2D eigenvalue weighted by Crippen LogP contribution is -1.82. The number of benzene rings is 2. The zero-order valence-electron chi connectivity index (χ0n) is 10.8. The molecule has 21 heavy (non-hydrogen) atoms. The zero-order valence-corrected chi connectivity index (χ0v) is 13.1. The van der Waals surface area contributed by atoms with Crippen molar-refractivity contribution in [2.24, 2.45) is 0 Å². The van der Waals surface area contributed by atoms with Crippen LogP contribution in [0, 0.1) is 0 Å². The molecule has 0 fully saturated rings. The van der Waals surface area contributed by atoms with Crippen molar-refractivity contribution in [3.8, 4) is 11.5 Å². The van der Waals surface area contributed by atoms with Gasteiger partial charge in [-0.1, -0.05) is 47.5 Å². The molecule has 0 aliphatic carbocycles. The summed E-state index contributed by atoms with van der Waals surface area (Å²) in [6, 6.07) is 15.1. The minimum Gasteiger partial charge on any atom is -0.420 e. The minimum atomic E-state index is 0.511. The van der Waals surface area contributed by atoms with Crippen molar-refractivity contribution < 1.29 is 4.42 Å². The maximum Gasteiger partial charge on any atom is 0.247 e. The van der Waals surface area contributed by atoms with Gasteiger partial charge < -0.3 is 4.42 Å². The van der Waals surface area contributed by atoms with Crippen LogP contribution in [0.4, 0.5) is 0 Å². The molecule has 1 aromatic heterocycles. The summed E-state index contributed by atoms with van der Waals surface area (Å²) < 4.78 is 5.64. The number of hydrogen-bond donors (Lipinski definition) is 0. The third-order valence-electron chi connectivity index (χ3n) is 2.75. The Hall–Kier alpha value is -1.49. The zero-order chi connectivity index (χ0) is 14.7. The van der Waals surface area contributed by atoms with Crippen LogP contribution in [0.1, 0.15) is 5.89 Å². The maximum absolute atomic E-state index is 6.12. The summed E-state index contributed by atoms with van der Waals surface area (Å²) in [5.74, 6) is 1.56. The lowest BCUT2D eigenvalue weighted by Gasteiger charge is -2.03. The summed E-state index contributed by atoms with van der Waals surface area (Å²) in [5, 5.41) is 9.33. The molecule has 3 rings (SSSR count). The van der Waals surface area contributed by atoms with Crippen molar-refractivity contribution in [2.45, 2.75) is 10.6 Å². The molecule has 0 radical (unpaired) electrons. The topological polar surface area (TPSA) is 38.9 Å². The first-order chi connectivity index (χ1) is 10.2. The lowest BCUT2D eigenvalue weighted by molar-refractivity contribution is 0.528. The average molecular weight is 337 g/mol. The van der Waals surface area contributed by atoms with Crippen LogP contribution < -0.4 is 0 Å². The second-order valence-electron chi connectivity index (χ2n) is 4.21. The minimum absolute atomic E-state index is 0.511. The van der Waals surface area contributed by atoms with Crippen LogP contribution in [0.15, 0.2) is 57.8 Å². The Morgan fingerprint density at radius 3 is 2.33 bits per heavy atom. The summed E-state index contributed by atoms with van der Waals surface area (Å²) in [7, 11) is 0. The first kappa shape index (κ1) is 14.4. The highest BCUT2D eigenvalue weighted by atomic mass is 35.5. The van der Waals surface area contributed by atoms with E-state index < -0.39 is 0 Å². The van der Waals surface area contributed by atoms with E-state index in [1.54, 1.807) is 12.1 Å². The monoisotopic (exact) mass is 336 g/mol. The molecule has 6 heteroatoms. The molecule has 0 atom stereocenters. The van der Waals surface area contributed by atoms with Gasteiger partial charge in [0.2, 0.25) is 11.8 Å². The third kappa shape index (κ3) is 3.40. The molecular weight excluding hydrogens is 327 g/mol. The van der Waals surface area contributed by atoms with Crippen LogP contribution in [-0.2, 0) is 5.75 Å². The molecular formula is C15H10Cl2N2OS. The summed E-state index contributed by atoms with van der Waals surface area (Å²) >= 11 is 13.7. The molecule has 3 nitrogen and oxygen atoms in total. The van der Waals surface area contributed by atoms with Crippen molar-refractivity contribution >= 4 is 35.0 Å². The van der Waals surface area contributed by atoms with Crippen molar-refractivity contribution in [3.63, 3.8) is 0 Å². The van der Waals surface area contributed by atoms with Gasteiger partial charge in [0.25, 0.3) is 0 Å². The van der Waals surface area contributed by atoms with E-state index in [4.69, 9.17) is 27.6 Å². The summed E-state index contributed by atoms with van der Waals surface area (Å²) in [6.45, 7) is 0. The van der Waals surface area contributed by atoms with Gasteiger partial charge in [0, 0.05) is 10.5 Å². The van der Waals surface area contributed by atoms with E-state index in [9.17, 15) is 0 Å². The molecule has 106 valence electrons. The Labute approximate surface area is 136 Å². The van der Waals surface area contributed by atoms with E-state index in [0.29, 0.717) is 27.6 Å². The average Bonchev–Trinajstić information content (AvgIpc) is 2.97. The lowest BCUT2D eigenvalue weighted by atomic mass is 10.2. The van der Waals surface area contributed by atoms with Gasteiger partial charge in [0.05, 0.1) is 15.8 Å². The second kappa shape index (κ2) is 6.52. The van der Waals surface area contributed by atoms with Gasteiger partial charge in [-0.05, 0) is 24.3 Å². The molecule has 0 saturated carbocycles. The van der Waals surface area contributed by atoms with E-state index in [0.717, 1.165) is 10.5 Å². The van der Waals surface area contributed by atoms with E-state index in [2.05, 4.69) is 10.2 Å². The van der Waals surface area contributed by atoms with Gasteiger partial charge in [-0.3, -0.25) is 0 Å². The Morgan fingerprint density at radius 2 is 1.62 bits per heavy atom. The first-order valence-corrected chi connectivity index (χ1v) is 7.93. The number of thioether (sulfide) groups is 1. The Balaban J connectivity index is 1.74. The van der Waals surface area contributed by atoms with Crippen molar-refractivity contribution in [2.75, 3.05) is 0 Å². The number of aromatic nitrogens is 2. The van der Waals surface area contributed by atoms with E-state index >= 15 is 0 Å². The molecule has 0 saturated heterocycles. The highest BCUT2D eigenvalue weighted by Crippen LogP contribution is 2.35. The van der Waals surface area contributed by atoms with Crippen LogP contribution in [0.5, 0.6) is 0 Å². The van der Waals surface area contributed by atoms with Crippen LogP contribution >= 0.6 is 35.0 Å². The van der Waals surface area contributed by atoms with Gasteiger partial charge in [0.1, 0.15) is 0 Å². The van der Waals surface area contributed by atoms with Crippen molar-refractivity contribution in [1.29, 1.82) is 0 Å². The summed E-state index contributed by atoms with van der Waals surface area (Å²) in [6.07, 6.45) is 0. The predicted octanol–water partition coefficient (Wildman–Crippen LogP) is 5.34. The number of nitrogens with zero attached hydrogens (tertiary/aromatic N) is 2. The van der Waals surface area contributed by atoms with Crippen molar-refractivity contribution in [3.05, 3.63) is 64.5 Å². The van der Waals surface area contributed by atoms with Gasteiger partial charge in [0.15, 0.2) is 0 Å². The maximum atomic E-state index is 6.12. The number of hydrogen-bond acceptors (Lipinski definition) is 4. The summed E-state index contributed by atoms with van der Waals surface area (Å²) in [5.41, 5.74) is 0.900. The smallest absolute Gasteiger partial charge is 0.247 e. The molecule has 0 unspecified atom stereocenters. The van der Waals surface area contributed by atoms with E-state index in [1.165, 1.54) is 11.8 Å². The van der Waals surface area contributed by atoms with Crippen LogP contribution in [0.2, 0.25) is 10.0 Å². The molecule has 1 heterocycles. The predicted molar refractivity (Wildman–Crippen MR) is 85.8 cm³/mol. The van der Waals surface area contributed by atoms with E-state index in [1.807, 2.05) is 36.4 Å². The molecule has 3 aromatic rings. The highest BCUT2D eigenvalue weighted by Gasteiger charge is 2.11. The number of rotatable bonds is 4. The molecule has 0 aliphatic rings. The number of halogens is 2. The molecule has 0 amide bonds. The van der Waals surface area contributed by atoms with Crippen molar-refractivity contribution in [1.82, 2.24) is 10.2 Å². The fraction of sp³-hybridized carbons (Fsp3) is 0.0667. The second-order valence-corrected chi connectivity index (χ2v) is 6.01. The fourth-order valence-corrected chi connectivity index (χ4v) is 3.28. The molecule has 2 aromatic carbocycles. The highest BCUT2D eigenvalue weighted by molar-refractivity contribution is 7.98. The largest absolute Gasteiger partial charge is 0.420 e. The summed E-state index contributed by atoms with van der Waals surface area (Å²) in [4.78, 5) is 0.820. The first-order valence-electron chi connectivity index (χ1n) is 6.18. The standard InChI is InChI=1S/C15H10Cl2N2OS/c16-11-7-4-8-12(17)14(11)21-9-13-18-19-15(20-13)10-5-2-1-3-6-10/h1-8H,9H2. The van der Waals surface area contributed by atoms with Gasteiger partial charge in [-0.25, -0.2) is 0 Å². The van der Waals surface area contributed by atoms with Crippen LogP contribution in [0.25, 0.3) is 11.5 Å². The van der Waals surface area contributed by atoms with Gasteiger partial charge >= 0.3 is 0 Å². The quantitative estimate of drug-likeness (QED) is 0.603.